The van der Waals surface area contributed by atoms with Gasteiger partial charge in [-0.2, -0.15) is 5.10 Å². The molecule has 0 spiro atoms. The number of esters is 1. The standard InChI is InChI=1S/C16H21N3O3/c1-9-6-7-11-10(8-9)12(19-18-11)14(20)17-13(15(21)22-5)16(2,3)4/h6-8,13H,1-5H3,(H,17,20)(H,18,19). The van der Waals surface area contributed by atoms with E-state index in [0.29, 0.717) is 0 Å². The third-order valence-corrected chi connectivity index (χ3v) is 3.51. The second-order valence-corrected chi connectivity index (χ2v) is 6.42. The van der Waals surface area contributed by atoms with Crippen LogP contribution >= 0.6 is 0 Å². The largest absolute Gasteiger partial charge is 0.467 e. The number of fused-ring (bicyclic) bond motifs is 1. The SMILES string of the molecule is COC(=O)C(NC(=O)c1n[nH]c2ccc(C)cc12)C(C)(C)C. The molecule has 1 atom stereocenters. The number of nitrogens with one attached hydrogen (secondary N) is 2. The molecule has 0 aliphatic heterocycles. The van der Waals surface area contributed by atoms with Gasteiger partial charge in [-0.15, -0.1) is 0 Å². The molecule has 0 fully saturated rings. The number of aromatic amines is 1. The number of ether oxygens (including phenoxy) is 1. The van der Waals surface area contributed by atoms with Crippen LogP contribution in [-0.2, 0) is 9.53 Å². The molecule has 1 unspecified atom stereocenters. The number of aryl methyl sites for hydroxylation is 1. The second-order valence-electron chi connectivity index (χ2n) is 6.42. The quantitative estimate of drug-likeness (QED) is 0.851. The Labute approximate surface area is 129 Å². The molecule has 0 aliphatic carbocycles. The number of rotatable bonds is 3. The maximum atomic E-state index is 12.5. The molecule has 0 bridgehead atoms. The highest BCUT2D eigenvalue weighted by atomic mass is 16.5. The molecule has 22 heavy (non-hydrogen) atoms. The predicted molar refractivity (Wildman–Crippen MR) is 83.6 cm³/mol. The van der Waals surface area contributed by atoms with Crippen LogP contribution in [0.2, 0.25) is 0 Å². The summed E-state index contributed by atoms with van der Waals surface area (Å²) in [7, 11) is 1.31. The molecule has 1 amide bonds. The molecule has 1 aromatic carbocycles. The summed E-state index contributed by atoms with van der Waals surface area (Å²) < 4.78 is 4.78. The van der Waals surface area contributed by atoms with Gasteiger partial charge >= 0.3 is 5.97 Å². The van der Waals surface area contributed by atoms with Crippen LogP contribution < -0.4 is 5.32 Å². The maximum Gasteiger partial charge on any atom is 0.328 e. The number of hydrogen-bond donors (Lipinski definition) is 2. The molecule has 2 aromatic rings. The van der Waals surface area contributed by atoms with Gasteiger partial charge in [0.2, 0.25) is 0 Å². The van der Waals surface area contributed by atoms with Gasteiger partial charge in [0.05, 0.1) is 12.6 Å². The van der Waals surface area contributed by atoms with Crippen molar-refractivity contribution >= 4 is 22.8 Å². The van der Waals surface area contributed by atoms with Crippen molar-refractivity contribution in [3.05, 3.63) is 29.5 Å². The van der Waals surface area contributed by atoms with Crippen LogP contribution in [0.25, 0.3) is 10.9 Å². The average molecular weight is 303 g/mol. The van der Waals surface area contributed by atoms with E-state index in [4.69, 9.17) is 4.74 Å². The predicted octanol–water partition coefficient (Wildman–Crippen LogP) is 2.19. The van der Waals surface area contributed by atoms with E-state index in [2.05, 4.69) is 15.5 Å². The van der Waals surface area contributed by atoms with Gasteiger partial charge in [0.15, 0.2) is 5.69 Å². The number of hydrogen-bond acceptors (Lipinski definition) is 4. The van der Waals surface area contributed by atoms with Crippen molar-refractivity contribution in [2.24, 2.45) is 5.41 Å². The van der Waals surface area contributed by atoms with Crippen LogP contribution in [-0.4, -0.2) is 35.2 Å². The molecule has 0 radical (unpaired) electrons. The Bertz CT molecular complexity index is 713. The van der Waals surface area contributed by atoms with Crippen LogP contribution in [0.5, 0.6) is 0 Å². The Morgan fingerprint density at radius 3 is 2.59 bits per heavy atom. The van der Waals surface area contributed by atoms with Crippen LogP contribution in [0.4, 0.5) is 0 Å². The van der Waals surface area contributed by atoms with Crippen molar-refractivity contribution in [2.75, 3.05) is 7.11 Å². The highest BCUT2D eigenvalue weighted by molar-refractivity contribution is 6.06. The van der Waals surface area contributed by atoms with Crippen LogP contribution in [0, 0.1) is 12.3 Å². The van der Waals surface area contributed by atoms with E-state index in [9.17, 15) is 9.59 Å². The van der Waals surface area contributed by atoms with E-state index >= 15 is 0 Å². The van der Waals surface area contributed by atoms with Crippen molar-refractivity contribution < 1.29 is 14.3 Å². The number of aromatic nitrogens is 2. The minimum atomic E-state index is -0.749. The zero-order valence-electron chi connectivity index (χ0n) is 13.5. The number of benzene rings is 1. The lowest BCUT2D eigenvalue weighted by atomic mass is 9.86. The van der Waals surface area contributed by atoms with Gasteiger partial charge in [-0.25, -0.2) is 4.79 Å². The minimum Gasteiger partial charge on any atom is -0.467 e. The highest BCUT2D eigenvalue weighted by Crippen LogP contribution is 2.22. The number of carbonyl (C=O) groups excluding carboxylic acids is 2. The van der Waals surface area contributed by atoms with E-state index < -0.39 is 23.3 Å². The zero-order valence-corrected chi connectivity index (χ0v) is 13.5. The molecule has 1 aromatic heterocycles. The first-order valence-corrected chi connectivity index (χ1v) is 7.07. The van der Waals surface area contributed by atoms with Gasteiger partial charge in [0.1, 0.15) is 6.04 Å². The summed E-state index contributed by atoms with van der Waals surface area (Å²) in [5.74, 6) is -0.876. The number of H-pyrrole nitrogens is 1. The van der Waals surface area contributed by atoms with Crippen molar-refractivity contribution in [1.29, 1.82) is 0 Å². The molecule has 2 N–H and O–H groups in total. The lowest BCUT2D eigenvalue weighted by molar-refractivity contribution is -0.145. The smallest absolute Gasteiger partial charge is 0.328 e. The van der Waals surface area contributed by atoms with Crippen molar-refractivity contribution in [3.63, 3.8) is 0 Å². The Morgan fingerprint density at radius 1 is 1.32 bits per heavy atom. The summed E-state index contributed by atoms with van der Waals surface area (Å²) in [6.45, 7) is 7.53. The summed E-state index contributed by atoms with van der Waals surface area (Å²) in [4.78, 5) is 24.4. The first-order valence-electron chi connectivity index (χ1n) is 7.07. The summed E-state index contributed by atoms with van der Waals surface area (Å²) in [6.07, 6.45) is 0. The summed E-state index contributed by atoms with van der Waals surface area (Å²) in [5, 5.41) is 10.3. The van der Waals surface area contributed by atoms with Crippen molar-refractivity contribution in [2.45, 2.75) is 33.7 Å². The summed E-state index contributed by atoms with van der Waals surface area (Å²) in [5.41, 5.74) is 1.62. The Morgan fingerprint density at radius 2 is 2.00 bits per heavy atom. The summed E-state index contributed by atoms with van der Waals surface area (Å²) >= 11 is 0. The fraction of sp³-hybridized carbons (Fsp3) is 0.438. The Hall–Kier alpha value is -2.37. The average Bonchev–Trinajstić information content (AvgIpc) is 2.85. The minimum absolute atomic E-state index is 0.275. The second kappa shape index (κ2) is 5.79. The topological polar surface area (TPSA) is 84.1 Å². The lowest BCUT2D eigenvalue weighted by Gasteiger charge is -2.28. The number of methoxy groups -OCH3 is 1. The van der Waals surface area contributed by atoms with Gasteiger partial charge in [0.25, 0.3) is 5.91 Å². The Balaban J connectivity index is 2.33. The number of carbonyl (C=O) groups is 2. The summed E-state index contributed by atoms with van der Waals surface area (Å²) in [6, 6.07) is 4.95. The van der Waals surface area contributed by atoms with E-state index in [1.165, 1.54) is 7.11 Å². The molecule has 0 saturated heterocycles. The van der Waals surface area contributed by atoms with E-state index in [0.717, 1.165) is 16.5 Å². The van der Waals surface area contributed by atoms with Crippen LogP contribution in [0.1, 0.15) is 36.8 Å². The molecule has 0 aliphatic rings. The van der Waals surface area contributed by atoms with Crippen LogP contribution in [0.15, 0.2) is 18.2 Å². The van der Waals surface area contributed by atoms with Gasteiger partial charge in [-0.3, -0.25) is 9.89 Å². The van der Waals surface area contributed by atoms with E-state index in [-0.39, 0.29) is 5.69 Å². The van der Waals surface area contributed by atoms with E-state index in [1.54, 1.807) is 0 Å². The fourth-order valence-corrected chi connectivity index (χ4v) is 2.25. The molecular formula is C16H21N3O3. The van der Waals surface area contributed by atoms with Gasteiger partial charge < -0.3 is 10.1 Å². The normalized spacial score (nSPS) is 13.0. The van der Waals surface area contributed by atoms with Gasteiger partial charge in [0, 0.05) is 5.39 Å². The molecular weight excluding hydrogens is 282 g/mol. The lowest BCUT2D eigenvalue weighted by Crippen LogP contribution is -2.49. The molecule has 2 rings (SSSR count). The molecule has 118 valence electrons. The monoisotopic (exact) mass is 303 g/mol. The van der Waals surface area contributed by atoms with Crippen LogP contribution in [0.3, 0.4) is 0 Å². The van der Waals surface area contributed by atoms with E-state index in [1.807, 2.05) is 45.9 Å². The molecule has 0 saturated carbocycles. The third kappa shape index (κ3) is 3.10. The Kier molecular flexibility index (Phi) is 4.21. The molecule has 6 heteroatoms. The molecule has 1 heterocycles. The number of nitrogens with zero attached hydrogens (tertiary/aromatic N) is 1. The third-order valence-electron chi connectivity index (χ3n) is 3.51. The maximum absolute atomic E-state index is 12.5. The first-order chi connectivity index (χ1) is 10.2. The van der Waals surface area contributed by atoms with Gasteiger partial charge in [-0.1, -0.05) is 32.4 Å². The highest BCUT2D eigenvalue weighted by Gasteiger charge is 2.34. The molecule has 6 nitrogen and oxygen atoms in total. The van der Waals surface area contributed by atoms with Crippen molar-refractivity contribution in [1.82, 2.24) is 15.5 Å². The fourth-order valence-electron chi connectivity index (χ4n) is 2.25. The number of amides is 1. The van der Waals surface area contributed by atoms with Crippen molar-refractivity contribution in [3.8, 4) is 0 Å². The zero-order chi connectivity index (χ0) is 16.5. The van der Waals surface area contributed by atoms with Gasteiger partial charge in [-0.05, 0) is 24.5 Å². The first kappa shape index (κ1) is 16.0.